The number of nitrogens with zero attached hydrogens (tertiary/aromatic N) is 2. The van der Waals surface area contributed by atoms with Crippen LogP contribution < -0.4 is 5.32 Å². The highest BCUT2D eigenvalue weighted by atomic mass is 32.1. The van der Waals surface area contributed by atoms with E-state index in [2.05, 4.69) is 47.2 Å². The van der Waals surface area contributed by atoms with Gasteiger partial charge in [0.25, 0.3) is 0 Å². The molecule has 5 heteroatoms. The molecule has 20 heavy (non-hydrogen) atoms. The number of hydrogen-bond acceptors (Lipinski definition) is 4. The second-order valence-corrected chi connectivity index (χ2v) is 5.57. The number of rotatable bonds is 6. The highest BCUT2D eigenvalue weighted by Gasteiger charge is 2.10. The highest BCUT2D eigenvalue weighted by molar-refractivity contribution is 7.13. The molecule has 0 radical (unpaired) electrons. The fourth-order valence-corrected chi connectivity index (χ4v) is 2.54. The lowest BCUT2D eigenvalue weighted by Crippen LogP contribution is -2.32. The Morgan fingerprint density at radius 1 is 1.45 bits per heavy atom. The van der Waals surface area contributed by atoms with Gasteiger partial charge < -0.3 is 5.32 Å². The van der Waals surface area contributed by atoms with Crippen LogP contribution in [0.2, 0.25) is 0 Å². The molecule has 1 aromatic carbocycles. The summed E-state index contributed by atoms with van der Waals surface area (Å²) in [5.41, 5.74) is 2.47. The minimum Gasteiger partial charge on any atom is -0.301 e. The van der Waals surface area contributed by atoms with Crippen LogP contribution in [-0.4, -0.2) is 28.9 Å². The SMILES string of the molecule is CCN(CC(=O)Nc1nccs1)Cc1cccc(C)c1. The van der Waals surface area contributed by atoms with Gasteiger partial charge in [0.2, 0.25) is 5.91 Å². The van der Waals surface area contributed by atoms with E-state index in [0.29, 0.717) is 11.7 Å². The zero-order valence-electron chi connectivity index (χ0n) is 11.8. The van der Waals surface area contributed by atoms with Crippen LogP contribution in [0.1, 0.15) is 18.1 Å². The van der Waals surface area contributed by atoms with E-state index < -0.39 is 0 Å². The Balaban J connectivity index is 1.90. The van der Waals surface area contributed by atoms with E-state index in [-0.39, 0.29) is 5.91 Å². The zero-order valence-corrected chi connectivity index (χ0v) is 12.6. The van der Waals surface area contributed by atoms with E-state index in [1.165, 1.54) is 22.5 Å². The third-order valence-electron chi connectivity index (χ3n) is 2.98. The molecule has 0 fully saturated rings. The van der Waals surface area contributed by atoms with Gasteiger partial charge >= 0.3 is 0 Å². The summed E-state index contributed by atoms with van der Waals surface area (Å²) in [5, 5.41) is 5.31. The van der Waals surface area contributed by atoms with Gasteiger partial charge in [0.05, 0.1) is 6.54 Å². The van der Waals surface area contributed by atoms with Crippen LogP contribution in [0.15, 0.2) is 35.8 Å². The first-order valence-corrected chi connectivity index (χ1v) is 7.52. The summed E-state index contributed by atoms with van der Waals surface area (Å²) < 4.78 is 0. The van der Waals surface area contributed by atoms with E-state index in [4.69, 9.17) is 0 Å². The van der Waals surface area contributed by atoms with Crippen LogP contribution in [-0.2, 0) is 11.3 Å². The van der Waals surface area contributed by atoms with Gasteiger partial charge in [-0.15, -0.1) is 11.3 Å². The summed E-state index contributed by atoms with van der Waals surface area (Å²) in [6, 6.07) is 8.37. The quantitative estimate of drug-likeness (QED) is 0.889. The van der Waals surface area contributed by atoms with Crippen molar-refractivity contribution >= 4 is 22.4 Å². The van der Waals surface area contributed by atoms with Gasteiger partial charge in [0, 0.05) is 18.1 Å². The third-order valence-corrected chi connectivity index (χ3v) is 3.67. The molecule has 0 atom stereocenters. The number of amides is 1. The Hall–Kier alpha value is -1.72. The number of likely N-dealkylation sites (N-methyl/N-ethyl adjacent to an activating group) is 1. The largest absolute Gasteiger partial charge is 0.301 e. The monoisotopic (exact) mass is 289 g/mol. The summed E-state index contributed by atoms with van der Waals surface area (Å²) >= 11 is 1.43. The van der Waals surface area contributed by atoms with E-state index in [9.17, 15) is 4.79 Å². The molecule has 1 amide bonds. The molecule has 0 aliphatic rings. The van der Waals surface area contributed by atoms with Crippen molar-refractivity contribution in [1.82, 2.24) is 9.88 Å². The number of benzene rings is 1. The molecule has 4 nitrogen and oxygen atoms in total. The van der Waals surface area contributed by atoms with Crippen LogP contribution in [0.25, 0.3) is 0 Å². The molecule has 2 aromatic rings. The van der Waals surface area contributed by atoms with Crippen molar-refractivity contribution in [2.75, 3.05) is 18.4 Å². The maximum Gasteiger partial charge on any atom is 0.240 e. The van der Waals surface area contributed by atoms with Crippen LogP contribution in [0.4, 0.5) is 5.13 Å². The first-order valence-electron chi connectivity index (χ1n) is 6.64. The molecule has 1 aromatic heterocycles. The Kier molecular flexibility index (Phi) is 5.26. The van der Waals surface area contributed by atoms with Gasteiger partial charge in [0.1, 0.15) is 0 Å². The van der Waals surface area contributed by atoms with Crippen molar-refractivity contribution in [3.63, 3.8) is 0 Å². The molecule has 106 valence electrons. The molecular formula is C15H19N3OS. The molecule has 0 spiro atoms. The van der Waals surface area contributed by atoms with Crippen molar-refractivity contribution in [2.45, 2.75) is 20.4 Å². The predicted molar refractivity (Wildman–Crippen MR) is 82.9 cm³/mol. The van der Waals surface area contributed by atoms with Gasteiger partial charge in [-0.2, -0.15) is 0 Å². The van der Waals surface area contributed by atoms with Gasteiger partial charge in [-0.25, -0.2) is 4.98 Å². The number of aryl methyl sites for hydroxylation is 1. The minimum absolute atomic E-state index is 0.0190. The first-order chi connectivity index (χ1) is 9.67. The van der Waals surface area contributed by atoms with Gasteiger partial charge in [0.15, 0.2) is 5.13 Å². The number of carbonyl (C=O) groups is 1. The van der Waals surface area contributed by atoms with Crippen molar-refractivity contribution in [1.29, 1.82) is 0 Å². The molecular weight excluding hydrogens is 270 g/mol. The molecule has 0 aliphatic carbocycles. The van der Waals surface area contributed by atoms with Crippen LogP contribution in [0.3, 0.4) is 0 Å². The standard InChI is InChI=1S/C15H19N3OS/c1-3-18(10-13-6-4-5-12(2)9-13)11-14(19)17-15-16-7-8-20-15/h4-9H,3,10-11H2,1-2H3,(H,16,17,19). The number of anilines is 1. The van der Waals surface area contributed by atoms with Crippen LogP contribution in [0.5, 0.6) is 0 Å². The lowest BCUT2D eigenvalue weighted by molar-refractivity contribution is -0.117. The lowest BCUT2D eigenvalue weighted by Gasteiger charge is -2.19. The van der Waals surface area contributed by atoms with E-state index >= 15 is 0 Å². The molecule has 1 heterocycles. The average molecular weight is 289 g/mol. The molecule has 0 unspecified atom stereocenters. The Morgan fingerprint density at radius 3 is 2.95 bits per heavy atom. The Labute approximate surface area is 123 Å². The summed E-state index contributed by atoms with van der Waals surface area (Å²) in [6.45, 7) is 6.13. The molecule has 0 aliphatic heterocycles. The maximum atomic E-state index is 12.0. The molecule has 1 N–H and O–H groups in total. The van der Waals surface area contributed by atoms with Crippen molar-refractivity contribution in [2.24, 2.45) is 0 Å². The number of nitrogens with one attached hydrogen (secondary N) is 1. The van der Waals surface area contributed by atoms with E-state index in [0.717, 1.165) is 13.1 Å². The highest BCUT2D eigenvalue weighted by Crippen LogP contribution is 2.11. The predicted octanol–water partition coefficient (Wildman–Crippen LogP) is 2.91. The van der Waals surface area contributed by atoms with E-state index in [1.807, 2.05) is 11.4 Å². The number of aromatic nitrogens is 1. The first kappa shape index (κ1) is 14.7. The second kappa shape index (κ2) is 7.17. The molecule has 0 bridgehead atoms. The van der Waals surface area contributed by atoms with Gasteiger partial charge in [-0.3, -0.25) is 9.69 Å². The number of carbonyl (C=O) groups excluding carboxylic acids is 1. The van der Waals surface area contributed by atoms with Crippen molar-refractivity contribution < 1.29 is 4.79 Å². The number of hydrogen-bond donors (Lipinski definition) is 1. The topological polar surface area (TPSA) is 45.2 Å². The lowest BCUT2D eigenvalue weighted by atomic mass is 10.1. The molecule has 0 saturated carbocycles. The van der Waals surface area contributed by atoms with Crippen molar-refractivity contribution in [3.8, 4) is 0 Å². The Morgan fingerprint density at radius 2 is 2.30 bits per heavy atom. The second-order valence-electron chi connectivity index (χ2n) is 4.68. The van der Waals surface area contributed by atoms with E-state index in [1.54, 1.807) is 6.20 Å². The van der Waals surface area contributed by atoms with Crippen LogP contribution in [0, 0.1) is 6.92 Å². The summed E-state index contributed by atoms with van der Waals surface area (Å²) in [5.74, 6) is -0.0190. The fraction of sp³-hybridized carbons (Fsp3) is 0.333. The van der Waals surface area contributed by atoms with Gasteiger partial charge in [-0.05, 0) is 19.0 Å². The normalized spacial score (nSPS) is 10.8. The minimum atomic E-state index is -0.0190. The van der Waals surface area contributed by atoms with Crippen molar-refractivity contribution in [3.05, 3.63) is 47.0 Å². The molecule has 0 saturated heterocycles. The maximum absolute atomic E-state index is 12.0. The van der Waals surface area contributed by atoms with Crippen LogP contribution >= 0.6 is 11.3 Å². The third kappa shape index (κ3) is 4.43. The fourth-order valence-electron chi connectivity index (χ4n) is 2.00. The summed E-state index contributed by atoms with van der Waals surface area (Å²) in [6.07, 6.45) is 1.69. The zero-order chi connectivity index (χ0) is 14.4. The average Bonchev–Trinajstić information content (AvgIpc) is 2.90. The Bertz CT molecular complexity index is 554. The van der Waals surface area contributed by atoms with Gasteiger partial charge in [-0.1, -0.05) is 36.8 Å². The summed E-state index contributed by atoms with van der Waals surface area (Å²) in [4.78, 5) is 18.1. The summed E-state index contributed by atoms with van der Waals surface area (Å²) in [7, 11) is 0. The smallest absolute Gasteiger partial charge is 0.240 e. The molecule has 2 rings (SSSR count). The number of thiazole rings is 1.